The van der Waals surface area contributed by atoms with Crippen LogP contribution in [0.25, 0.3) is 0 Å². The first-order valence-corrected chi connectivity index (χ1v) is 12.8. The molecule has 7 atom stereocenters. The molecule has 7 nitrogen and oxygen atoms in total. The number of unbranched alkanes of at least 4 members (excludes halogenated alkanes) is 1. The van der Waals surface area contributed by atoms with Crippen LogP contribution in [0.4, 0.5) is 0 Å². The standard InChI is InChI=1S/C24H38N2O5S/c1-6-8-10-25(9-7-2)22(29)20-24-15(5)12-17(32-24)18(23(30)31)19(24)21(28)26(20)16(13-27)11-14(3)4/h7,14-20,27H,2,6,8-13H2,1,3-5H3,(H,30,31)/t15?,16-,17-,18+,19+,20?,24?/m1/s1. The first-order chi connectivity index (χ1) is 15.1. The molecule has 3 fully saturated rings. The highest BCUT2D eigenvalue weighted by atomic mass is 32.2. The van der Waals surface area contributed by atoms with E-state index in [0.717, 1.165) is 12.8 Å². The van der Waals surface area contributed by atoms with E-state index in [1.165, 1.54) is 0 Å². The number of nitrogens with zero attached hydrogens (tertiary/aromatic N) is 2. The molecule has 0 aliphatic carbocycles. The summed E-state index contributed by atoms with van der Waals surface area (Å²) in [6.07, 6.45) is 4.72. The molecule has 0 aromatic carbocycles. The zero-order valence-corrected chi connectivity index (χ0v) is 20.5. The van der Waals surface area contributed by atoms with Crippen LogP contribution in [0.1, 0.15) is 53.4 Å². The van der Waals surface area contributed by atoms with Gasteiger partial charge in [-0.3, -0.25) is 14.4 Å². The molecule has 3 saturated heterocycles. The number of likely N-dealkylation sites (tertiary alicyclic amines) is 1. The Morgan fingerprint density at radius 3 is 2.62 bits per heavy atom. The maximum absolute atomic E-state index is 14.1. The Kier molecular flexibility index (Phi) is 7.65. The highest BCUT2D eigenvalue weighted by molar-refractivity contribution is 8.02. The molecule has 3 aliphatic heterocycles. The van der Waals surface area contributed by atoms with Crippen LogP contribution in [0.2, 0.25) is 0 Å². The predicted octanol–water partition coefficient (Wildman–Crippen LogP) is 2.63. The third kappa shape index (κ3) is 3.87. The molecule has 8 heteroatoms. The lowest BCUT2D eigenvalue weighted by molar-refractivity contribution is -0.150. The molecular weight excluding hydrogens is 428 g/mol. The molecule has 3 heterocycles. The number of carbonyl (C=O) groups is 3. The molecule has 0 radical (unpaired) electrons. The summed E-state index contributed by atoms with van der Waals surface area (Å²) in [5.74, 6) is -2.63. The highest BCUT2D eigenvalue weighted by Gasteiger charge is 2.76. The number of thioether (sulfide) groups is 1. The molecule has 180 valence electrons. The number of hydrogen-bond acceptors (Lipinski definition) is 5. The first-order valence-electron chi connectivity index (χ1n) is 11.9. The van der Waals surface area contributed by atoms with Crippen molar-refractivity contribution >= 4 is 29.5 Å². The monoisotopic (exact) mass is 466 g/mol. The van der Waals surface area contributed by atoms with Crippen LogP contribution in [-0.2, 0) is 14.4 Å². The highest BCUT2D eigenvalue weighted by Crippen LogP contribution is 2.69. The van der Waals surface area contributed by atoms with Crippen molar-refractivity contribution in [2.24, 2.45) is 23.7 Å². The molecule has 0 aromatic rings. The van der Waals surface area contributed by atoms with Crippen LogP contribution < -0.4 is 0 Å². The summed E-state index contributed by atoms with van der Waals surface area (Å²) in [5.41, 5.74) is 0. The Labute approximate surface area is 195 Å². The van der Waals surface area contributed by atoms with Crippen LogP contribution in [0, 0.1) is 23.7 Å². The van der Waals surface area contributed by atoms with Gasteiger partial charge in [0.25, 0.3) is 0 Å². The van der Waals surface area contributed by atoms with Crippen molar-refractivity contribution in [2.45, 2.75) is 75.5 Å². The van der Waals surface area contributed by atoms with E-state index in [4.69, 9.17) is 0 Å². The van der Waals surface area contributed by atoms with Gasteiger partial charge in [-0.05, 0) is 31.1 Å². The minimum absolute atomic E-state index is 0.0381. The number of fused-ring (bicyclic) bond motifs is 1. The fraction of sp³-hybridized carbons (Fsp3) is 0.792. The second-order valence-electron chi connectivity index (χ2n) is 10.0. The van der Waals surface area contributed by atoms with Gasteiger partial charge in [-0.25, -0.2) is 0 Å². The molecule has 3 aliphatic rings. The third-order valence-electron chi connectivity index (χ3n) is 7.49. The van der Waals surface area contributed by atoms with Crippen molar-refractivity contribution in [3.05, 3.63) is 12.7 Å². The number of carbonyl (C=O) groups excluding carboxylic acids is 2. The van der Waals surface area contributed by atoms with Crippen molar-refractivity contribution in [2.75, 3.05) is 19.7 Å². The Morgan fingerprint density at radius 2 is 2.09 bits per heavy atom. The van der Waals surface area contributed by atoms with Crippen molar-refractivity contribution in [1.82, 2.24) is 9.80 Å². The minimum Gasteiger partial charge on any atom is -0.481 e. The van der Waals surface area contributed by atoms with Gasteiger partial charge in [0.15, 0.2) is 0 Å². The number of carboxylic acids is 1. The lowest BCUT2D eigenvalue weighted by Crippen LogP contribution is -2.59. The molecule has 2 N–H and O–H groups in total. The van der Waals surface area contributed by atoms with Crippen molar-refractivity contribution < 1.29 is 24.6 Å². The van der Waals surface area contributed by atoms with Crippen LogP contribution in [-0.4, -0.2) is 79.6 Å². The van der Waals surface area contributed by atoms with E-state index in [1.807, 2.05) is 13.8 Å². The Morgan fingerprint density at radius 1 is 1.41 bits per heavy atom. The number of amides is 2. The number of aliphatic hydroxyl groups is 1. The van der Waals surface area contributed by atoms with E-state index in [1.54, 1.807) is 27.6 Å². The lowest BCUT2D eigenvalue weighted by atomic mass is 9.66. The number of rotatable bonds is 11. The topological polar surface area (TPSA) is 98.2 Å². The fourth-order valence-electron chi connectivity index (χ4n) is 6.20. The maximum atomic E-state index is 14.1. The fourth-order valence-corrected chi connectivity index (χ4v) is 8.60. The Hall–Kier alpha value is -1.54. The van der Waals surface area contributed by atoms with Gasteiger partial charge in [-0.15, -0.1) is 18.3 Å². The molecule has 1 spiro atoms. The Balaban J connectivity index is 2.11. The lowest BCUT2D eigenvalue weighted by Gasteiger charge is -2.42. The summed E-state index contributed by atoms with van der Waals surface area (Å²) in [4.78, 5) is 43.5. The van der Waals surface area contributed by atoms with Crippen molar-refractivity contribution in [1.29, 1.82) is 0 Å². The number of aliphatic hydroxyl groups excluding tert-OH is 1. The second-order valence-corrected chi connectivity index (χ2v) is 11.6. The van der Waals surface area contributed by atoms with E-state index >= 15 is 0 Å². The van der Waals surface area contributed by atoms with E-state index in [-0.39, 0.29) is 35.5 Å². The van der Waals surface area contributed by atoms with Crippen molar-refractivity contribution in [3.63, 3.8) is 0 Å². The average Bonchev–Trinajstić information content (AvgIpc) is 3.32. The molecule has 2 amide bonds. The molecule has 3 unspecified atom stereocenters. The van der Waals surface area contributed by atoms with Crippen molar-refractivity contribution in [3.8, 4) is 0 Å². The average molecular weight is 467 g/mol. The van der Waals surface area contributed by atoms with Gasteiger partial charge in [0, 0.05) is 18.3 Å². The van der Waals surface area contributed by atoms with Gasteiger partial charge in [-0.1, -0.05) is 40.2 Å². The van der Waals surface area contributed by atoms with E-state index in [9.17, 15) is 24.6 Å². The SMILES string of the molecule is C=CCN(CCCC)C(=O)C1N([C@@H](CO)CC(C)C)C(=O)[C@@H]2[C@@H](C(=O)O)[C@H]3CC(C)C12S3. The third-order valence-corrected chi connectivity index (χ3v) is 9.57. The minimum atomic E-state index is -0.957. The summed E-state index contributed by atoms with van der Waals surface area (Å²) in [6.45, 7) is 12.7. The summed E-state index contributed by atoms with van der Waals surface area (Å²) in [6, 6.07) is -1.27. The molecule has 2 bridgehead atoms. The molecular formula is C24H38N2O5S. The van der Waals surface area contributed by atoms with Gasteiger partial charge in [0.05, 0.1) is 29.2 Å². The maximum Gasteiger partial charge on any atom is 0.308 e. The summed E-state index contributed by atoms with van der Waals surface area (Å²) in [5, 5.41) is 20.1. The van der Waals surface area contributed by atoms with Gasteiger partial charge in [0.1, 0.15) is 6.04 Å². The summed E-state index contributed by atoms with van der Waals surface area (Å²) < 4.78 is -0.766. The predicted molar refractivity (Wildman–Crippen MR) is 125 cm³/mol. The zero-order valence-electron chi connectivity index (χ0n) is 19.7. The summed E-state index contributed by atoms with van der Waals surface area (Å²) in [7, 11) is 0. The van der Waals surface area contributed by atoms with Gasteiger partial charge >= 0.3 is 5.97 Å². The number of aliphatic carboxylic acids is 1. The molecule has 32 heavy (non-hydrogen) atoms. The zero-order chi connectivity index (χ0) is 23.8. The largest absolute Gasteiger partial charge is 0.481 e. The molecule has 0 saturated carbocycles. The van der Waals surface area contributed by atoms with E-state index < -0.39 is 34.6 Å². The molecule has 3 rings (SSSR count). The molecule has 0 aromatic heterocycles. The van der Waals surface area contributed by atoms with Crippen LogP contribution in [0.15, 0.2) is 12.7 Å². The Bertz CT molecular complexity index is 759. The van der Waals surface area contributed by atoms with E-state index in [2.05, 4.69) is 20.4 Å². The number of hydrogen-bond donors (Lipinski definition) is 2. The van der Waals surface area contributed by atoms with Crippen LogP contribution in [0.5, 0.6) is 0 Å². The quantitative estimate of drug-likeness (QED) is 0.454. The number of carboxylic acid groups (broad SMARTS) is 1. The van der Waals surface area contributed by atoms with Gasteiger partial charge in [0.2, 0.25) is 11.8 Å². The van der Waals surface area contributed by atoms with Crippen LogP contribution in [0.3, 0.4) is 0 Å². The smallest absolute Gasteiger partial charge is 0.308 e. The van der Waals surface area contributed by atoms with Gasteiger partial charge in [-0.2, -0.15) is 0 Å². The van der Waals surface area contributed by atoms with E-state index in [0.29, 0.717) is 25.9 Å². The summed E-state index contributed by atoms with van der Waals surface area (Å²) >= 11 is 1.55. The van der Waals surface area contributed by atoms with Crippen LogP contribution >= 0.6 is 11.8 Å². The second kappa shape index (κ2) is 9.75. The first kappa shape index (κ1) is 25.1. The normalized spacial score (nSPS) is 34.1. The van der Waals surface area contributed by atoms with Gasteiger partial charge < -0.3 is 20.0 Å².